The van der Waals surface area contributed by atoms with E-state index >= 15 is 0 Å². The quantitative estimate of drug-likeness (QED) is 0.362. The fraction of sp³-hybridized carbons (Fsp3) is 0.125. The number of rotatable bonds is 6. The van der Waals surface area contributed by atoms with Gasteiger partial charge in [0.05, 0.1) is 25.6 Å². The molecule has 4 aromatic rings. The Morgan fingerprint density at radius 3 is 2.61 bits per heavy atom. The number of hydrazone groups is 1. The third kappa shape index (κ3) is 4.11. The standard InChI is InChI=1S/C24H22N4O3/c1-15(18-10-6-8-16-7-4-5-9-19(16)18)25-28-24(29)22-14-21(26-27-22)20-13-17(30-2)11-12-23(20)31-3/h4-14H,1-3H3,(H,26,27)(H,28,29). The number of hydrogen-bond donors (Lipinski definition) is 2. The SMILES string of the molecule is COc1ccc(OC)c(-c2cc(C(=O)NN=C(C)c3cccc4ccccc34)[nH]n2)c1. The molecule has 3 aromatic carbocycles. The monoisotopic (exact) mass is 414 g/mol. The Labute approximate surface area is 179 Å². The molecule has 0 radical (unpaired) electrons. The molecular weight excluding hydrogens is 392 g/mol. The molecule has 7 nitrogen and oxygen atoms in total. The average molecular weight is 414 g/mol. The number of methoxy groups -OCH3 is 2. The van der Waals surface area contributed by atoms with Crippen LogP contribution in [0.3, 0.4) is 0 Å². The average Bonchev–Trinajstić information content (AvgIpc) is 3.31. The number of carbonyl (C=O) groups is 1. The molecule has 0 saturated heterocycles. The number of nitrogens with zero attached hydrogens (tertiary/aromatic N) is 2. The summed E-state index contributed by atoms with van der Waals surface area (Å²) >= 11 is 0. The van der Waals surface area contributed by atoms with Crippen LogP contribution in [0, 0.1) is 0 Å². The second kappa shape index (κ2) is 8.71. The number of ether oxygens (including phenoxy) is 2. The summed E-state index contributed by atoms with van der Waals surface area (Å²) < 4.78 is 10.7. The zero-order valence-electron chi connectivity index (χ0n) is 17.5. The molecule has 0 aliphatic heterocycles. The summed E-state index contributed by atoms with van der Waals surface area (Å²) in [5.74, 6) is 0.907. The number of aromatic amines is 1. The topological polar surface area (TPSA) is 88.6 Å². The van der Waals surface area contributed by atoms with Crippen molar-refractivity contribution in [2.45, 2.75) is 6.92 Å². The second-order valence-corrected chi connectivity index (χ2v) is 6.90. The van der Waals surface area contributed by atoms with E-state index in [2.05, 4.69) is 20.7 Å². The number of aromatic nitrogens is 2. The van der Waals surface area contributed by atoms with Crippen molar-refractivity contribution in [1.29, 1.82) is 0 Å². The molecule has 1 aromatic heterocycles. The highest BCUT2D eigenvalue weighted by molar-refractivity contribution is 6.10. The Kier molecular flexibility index (Phi) is 5.66. The zero-order chi connectivity index (χ0) is 21.8. The normalized spacial score (nSPS) is 11.4. The predicted octanol–water partition coefficient (Wildman–Crippen LogP) is 4.40. The summed E-state index contributed by atoms with van der Waals surface area (Å²) in [4.78, 5) is 12.6. The first-order valence-electron chi connectivity index (χ1n) is 9.71. The van der Waals surface area contributed by atoms with Crippen molar-refractivity contribution in [3.05, 3.63) is 78.0 Å². The molecule has 0 bridgehead atoms. The van der Waals surface area contributed by atoms with Crippen LogP contribution in [0.1, 0.15) is 23.0 Å². The van der Waals surface area contributed by atoms with Gasteiger partial charge in [-0.25, -0.2) is 5.43 Å². The highest BCUT2D eigenvalue weighted by Crippen LogP contribution is 2.32. The van der Waals surface area contributed by atoms with Crippen LogP contribution >= 0.6 is 0 Å². The minimum atomic E-state index is -0.389. The van der Waals surface area contributed by atoms with Gasteiger partial charge in [0, 0.05) is 11.1 Å². The van der Waals surface area contributed by atoms with Gasteiger partial charge in [0.25, 0.3) is 5.91 Å². The first kappa shape index (κ1) is 20.2. The lowest BCUT2D eigenvalue weighted by molar-refractivity contribution is 0.0950. The van der Waals surface area contributed by atoms with Crippen molar-refractivity contribution in [2.75, 3.05) is 14.2 Å². The predicted molar refractivity (Wildman–Crippen MR) is 121 cm³/mol. The number of benzene rings is 3. The van der Waals surface area contributed by atoms with Crippen molar-refractivity contribution in [3.63, 3.8) is 0 Å². The molecule has 31 heavy (non-hydrogen) atoms. The fourth-order valence-electron chi connectivity index (χ4n) is 3.39. The summed E-state index contributed by atoms with van der Waals surface area (Å²) in [7, 11) is 3.17. The van der Waals surface area contributed by atoms with Gasteiger partial charge in [-0.3, -0.25) is 9.89 Å². The van der Waals surface area contributed by atoms with Gasteiger partial charge in [0.15, 0.2) is 0 Å². The molecule has 4 rings (SSSR count). The second-order valence-electron chi connectivity index (χ2n) is 6.90. The maximum atomic E-state index is 12.6. The molecule has 0 aliphatic carbocycles. The Hall–Kier alpha value is -4.13. The van der Waals surface area contributed by atoms with E-state index in [0.29, 0.717) is 28.5 Å². The number of hydrogen-bond acceptors (Lipinski definition) is 5. The summed E-state index contributed by atoms with van der Waals surface area (Å²) in [5, 5.41) is 13.5. The number of H-pyrrole nitrogens is 1. The lowest BCUT2D eigenvalue weighted by Crippen LogP contribution is -2.19. The van der Waals surface area contributed by atoms with Crippen LogP contribution < -0.4 is 14.9 Å². The lowest BCUT2D eigenvalue weighted by atomic mass is 10.0. The number of carbonyl (C=O) groups excluding carboxylic acids is 1. The van der Waals surface area contributed by atoms with Crippen LogP contribution in [0.5, 0.6) is 11.5 Å². The number of amides is 1. The third-order valence-electron chi connectivity index (χ3n) is 5.01. The highest BCUT2D eigenvalue weighted by Gasteiger charge is 2.15. The van der Waals surface area contributed by atoms with Gasteiger partial charge in [0.1, 0.15) is 17.2 Å². The van der Waals surface area contributed by atoms with Crippen molar-refractivity contribution < 1.29 is 14.3 Å². The molecular formula is C24H22N4O3. The van der Waals surface area contributed by atoms with E-state index in [1.807, 2.05) is 49.4 Å². The molecule has 0 saturated carbocycles. The summed E-state index contributed by atoms with van der Waals surface area (Å²) in [6.07, 6.45) is 0. The van der Waals surface area contributed by atoms with Gasteiger partial charge in [-0.05, 0) is 42.0 Å². The largest absolute Gasteiger partial charge is 0.497 e. The molecule has 0 unspecified atom stereocenters. The van der Waals surface area contributed by atoms with E-state index in [9.17, 15) is 4.79 Å². The van der Waals surface area contributed by atoms with E-state index in [1.165, 1.54) is 0 Å². The van der Waals surface area contributed by atoms with E-state index in [4.69, 9.17) is 9.47 Å². The van der Waals surface area contributed by atoms with Gasteiger partial charge >= 0.3 is 0 Å². The number of nitrogens with one attached hydrogen (secondary N) is 2. The smallest absolute Gasteiger partial charge is 0.289 e. The van der Waals surface area contributed by atoms with Crippen molar-refractivity contribution in [2.24, 2.45) is 5.10 Å². The van der Waals surface area contributed by atoms with Crippen molar-refractivity contribution in [3.8, 4) is 22.8 Å². The Bertz CT molecular complexity index is 1270. The first-order valence-corrected chi connectivity index (χ1v) is 9.71. The van der Waals surface area contributed by atoms with E-state index < -0.39 is 0 Å². The Balaban J connectivity index is 1.56. The van der Waals surface area contributed by atoms with Crippen LogP contribution in [-0.2, 0) is 0 Å². The first-order chi connectivity index (χ1) is 15.1. The summed E-state index contributed by atoms with van der Waals surface area (Å²) in [6.45, 7) is 1.86. The van der Waals surface area contributed by atoms with Gasteiger partial charge in [-0.2, -0.15) is 10.2 Å². The third-order valence-corrected chi connectivity index (χ3v) is 5.01. The van der Waals surface area contributed by atoms with Crippen LogP contribution in [0.2, 0.25) is 0 Å². The van der Waals surface area contributed by atoms with Crippen LogP contribution in [-0.4, -0.2) is 36.0 Å². The molecule has 0 atom stereocenters. The minimum absolute atomic E-state index is 0.286. The van der Waals surface area contributed by atoms with Gasteiger partial charge in [0.2, 0.25) is 0 Å². The van der Waals surface area contributed by atoms with Crippen LogP contribution in [0.15, 0.2) is 71.8 Å². The molecule has 156 valence electrons. The summed E-state index contributed by atoms with van der Waals surface area (Å²) in [6, 6.07) is 21.1. The molecule has 1 amide bonds. The van der Waals surface area contributed by atoms with E-state index in [1.54, 1.807) is 38.5 Å². The lowest BCUT2D eigenvalue weighted by Gasteiger charge is -2.08. The van der Waals surface area contributed by atoms with E-state index in [0.717, 1.165) is 16.3 Å². The van der Waals surface area contributed by atoms with Crippen molar-refractivity contribution >= 4 is 22.4 Å². The molecule has 0 fully saturated rings. The molecule has 7 heteroatoms. The fourth-order valence-corrected chi connectivity index (χ4v) is 3.39. The van der Waals surface area contributed by atoms with Crippen LogP contribution in [0.4, 0.5) is 0 Å². The van der Waals surface area contributed by atoms with Gasteiger partial charge in [-0.1, -0.05) is 42.5 Å². The molecule has 0 spiro atoms. The summed E-state index contributed by atoms with van der Waals surface area (Å²) in [5.41, 5.74) is 5.84. The molecule has 1 heterocycles. The minimum Gasteiger partial charge on any atom is -0.497 e. The Morgan fingerprint density at radius 2 is 1.81 bits per heavy atom. The van der Waals surface area contributed by atoms with Crippen LogP contribution in [0.25, 0.3) is 22.0 Å². The molecule has 0 aliphatic rings. The maximum Gasteiger partial charge on any atom is 0.289 e. The molecule has 2 N–H and O–H groups in total. The maximum absolute atomic E-state index is 12.6. The number of fused-ring (bicyclic) bond motifs is 1. The van der Waals surface area contributed by atoms with Crippen molar-refractivity contribution in [1.82, 2.24) is 15.6 Å². The highest BCUT2D eigenvalue weighted by atomic mass is 16.5. The van der Waals surface area contributed by atoms with Gasteiger partial charge < -0.3 is 9.47 Å². The zero-order valence-corrected chi connectivity index (χ0v) is 17.5. The Morgan fingerprint density at radius 1 is 1.00 bits per heavy atom. The van der Waals surface area contributed by atoms with E-state index in [-0.39, 0.29) is 11.6 Å². The van der Waals surface area contributed by atoms with Gasteiger partial charge in [-0.15, -0.1) is 0 Å².